The number of halogens is 1. The lowest BCUT2D eigenvalue weighted by atomic mass is 9.94. The zero-order chi connectivity index (χ0) is 24.2. The van der Waals surface area contributed by atoms with Crippen molar-refractivity contribution in [3.63, 3.8) is 0 Å². The molecule has 0 amide bonds. The highest BCUT2D eigenvalue weighted by atomic mass is 127. The van der Waals surface area contributed by atoms with Crippen LogP contribution in [0.1, 0.15) is 18.1 Å². The van der Waals surface area contributed by atoms with Crippen molar-refractivity contribution in [2.45, 2.75) is 10.3 Å². The second-order valence-electron chi connectivity index (χ2n) is 9.77. The third-order valence-corrected chi connectivity index (χ3v) is 8.98. The van der Waals surface area contributed by atoms with E-state index in [4.69, 9.17) is 4.98 Å². The van der Waals surface area contributed by atoms with Crippen molar-refractivity contribution in [1.82, 2.24) is 9.38 Å². The topological polar surface area (TPSA) is 34.4 Å². The number of benzene rings is 5. The fourth-order valence-corrected chi connectivity index (χ4v) is 7.07. The van der Waals surface area contributed by atoms with Crippen molar-refractivity contribution in [2.75, 3.05) is 0 Å². The van der Waals surface area contributed by atoms with Gasteiger partial charge in [0.1, 0.15) is 5.65 Å². The van der Waals surface area contributed by atoms with Crippen LogP contribution in [-0.4, -0.2) is 9.38 Å². The van der Waals surface area contributed by atoms with Crippen molar-refractivity contribution in [1.29, 1.82) is 0 Å². The van der Waals surface area contributed by atoms with Gasteiger partial charge < -0.3 is 0 Å². The highest BCUT2D eigenvalue weighted by molar-refractivity contribution is 14.1. The number of hydrogen-bond acceptors (Lipinski definition) is 2. The number of aromatic nitrogens is 2. The minimum absolute atomic E-state index is 0.0126. The molecule has 4 heteroatoms. The fraction of sp³-hybridized carbons (Fsp3) is 0.0625. The number of rotatable bonds is 1. The number of hydrogen-bond donors (Lipinski definition) is 0. The summed E-state index contributed by atoms with van der Waals surface area (Å²) >= 11 is 2.54. The van der Waals surface area contributed by atoms with Crippen LogP contribution in [0.2, 0.25) is 0 Å². The summed E-state index contributed by atoms with van der Waals surface area (Å²) in [5.41, 5.74) is 9.72. The van der Waals surface area contributed by atoms with Crippen molar-refractivity contribution >= 4 is 60.8 Å². The maximum absolute atomic E-state index is 14.0. The van der Waals surface area contributed by atoms with Crippen LogP contribution in [0, 0.1) is 0 Å². The first-order valence-electron chi connectivity index (χ1n) is 12.1. The van der Waals surface area contributed by atoms with E-state index < -0.39 is 0 Å². The Labute approximate surface area is 220 Å². The van der Waals surface area contributed by atoms with Gasteiger partial charge in [-0.1, -0.05) is 101 Å². The molecule has 0 saturated carbocycles. The van der Waals surface area contributed by atoms with Gasteiger partial charge in [0.2, 0.25) is 0 Å². The summed E-state index contributed by atoms with van der Waals surface area (Å²) in [6, 6.07) is 33.6. The highest BCUT2D eigenvalue weighted by Crippen LogP contribution is 2.53. The summed E-state index contributed by atoms with van der Waals surface area (Å²) in [4.78, 5) is 19.1. The van der Waals surface area contributed by atoms with Gasteiger partial charge in [-0.05, 0) is 63.9 Å². The van der Waals surface area contributed by atoms with Crippen molar-refractivity contribution < 1.29 is 0 Å². The van der Waals surface area contributed by atoms with Crippen LogP contribution >= 0.6 is 22.6 Å². The van der Waals surface area contributed by atoms with Gasteiger partial charge in [-0.15, -0.1) is 0 Å². The van der Waals surface area contributed by atoms with E-state index in [1.54, 1.807) is 0 Å². The highest BCUT2D eigenvalue weighted by Gasteiger charge is 2.37. The van der Waals surface area contributed by atoms with Crippen LogP contribution in [0.3, 0.4) is 0 Å². The molecule has 0 radical (unpaired) electrons. The van der Waals surface area contributed by atoms with Gasteiger partial charge >= 0.3 is 0 Å². The van der Waals surface area contributed by atoms with E-state index in [2.05, 4.69) is 102 Å². The van der Waals surface area contributed by atoms with E-state index in [1.807, 2.05) is 28.7 Å². The Morgan fingerprint density at radius 3 is 2.36 bits per heavy atom. The van der Waals surface area contributed by atoms with Gasteiger partial charge in [-0.2, -0.15) is 0 Å². The smallest absolute Gasteiger partial charge is 0.264 e. The lowest BCUT2D eigenvalue weighted by molar-refractivity contribution is 0.916. The second-order valence-corrected chi connectivity index (χ2v) is 11.9. The van der Waals surface area contributed by atoms with Gasteiger partial charge in [0, 0.05) is 16.2 Å². The van der Waals surface area contributed by atoms with Crippen LogP contribution in [0.5, 0.6) is 0 Å². The molecule has 0 spiro atoms. The standard InChI is InChI=1S/C32H19IN2O/c1-32(33)25-13-6-5-10-20(25)24-16-27-28(17-26(24)32)35-30(34-27)22-12-7-11-21-19(18-8-3-2-4-9-18)14-15-23(29(21)22)31(35)36/h2-17H,1H3. The Hall–Kier alpha value is -3.77. The first kappa shape index (κ1) is 20.4. The molecule has 36 heavy (non-hydrogen) atoms. The number of fused-ring (bicyclic) bond motifs is 7. The lowest BCUT2D eigenvalue weighted by Crippen LogP contribution is -2.14. The zero-order valence-electron chi connectivity index (χ0n) is 19.4. The Balaban J connectivity index is 1.52. The number of alkyl halides is 1. The monoisotopic (exact) mass is 574 g/mol. The minimum atomic E-state index is -0.164. The SMILES string of the molecule is CC1(I)c2ccccc2-c2cc3nc4c5cccc6c(-c7ccccc7)ccc(c(=O)n4c3cc21)c65. The summed E-state index contributed by atoms with van der Waals surface area (Å²) < 4.78 is 1.66. The molecule has 1 aliphatic rings. The van der Waals surface area contributed by atoms with E-state index in [0.29, 0.717) is 0 Å². The number of nitrogens with zero attached hydrogens (tertiary/aromatic N) is 2. The molecule has 2 aromatic heterocycles. The fourth-order valence-electron chi connectivity index (χ4n) is 6.15. The molecule has 0 bridgehead atoms. The average Bonchev–Trinajstić information content (AvgIpc) is 3.39. The van der Waals surface area contributed by atoms with Crippen LogP contribution in [-0.2, 0) is 3.42 Å². The minimum Gasteiger partial charge on any atom is -0.268 e. The zero-order valence-corrected chi connectivity index (χ0v) is 21.6. The number of pyridine rings is 1. The maximum Gasteiger partial charge on any atom is 0.264 e. The Kier molecular flexibility index (Phi) is 3.92. The molecular weight excluding hydrogens is 555 g/mol. The first-order valence-corrected chi connectivity index (χ1v) is 13.1. The molecule has 7 aromatic rings. The molecule has 0 saturated heterocycles. The van der Waals surface area contributed by atoms with E-state index in [0.717, 1.165) is 49.4 Å². The third kappa shape index (κ3) is 2.47. The molecule has 8 rings (SSSR count). The summed E-state index contributed by atoms with van der Waals surface area (Å²) in [5.74, 6) is 0. The van der Waals surface area contributed by atoms with Gasteiger partial charge in [0.05, 0.1) is 14.5 Å². The largest absolute Gasteiger partial charge is 0.268 e. The molecule has 3 nitrogen and oxygen atoms in total. The van der Waals surface area contributed by atoms with E-state index in [1.165, 1.54) is 22.3 Å². The summed E-state index contributed by atoms with van der Waals surface area (Å²) in [7, 11) is 0. The van der Waals surface area contributed by atoms with Crippen LogP contribution in [0.25, 0.3) is 60.5 Å². The normalized spacial score (nSPS) is 16.8. The first-order chi connectivity index (χ1) is 17.5. The molecule has 5 aromatic carbocycles. The maximum atomic E-state index is 14.0. The van der Waals surface area contributed by atoms with Crippen molar-refractivity contribution in [3.8, 4) is 22.3 Å². The Morgan fingerprint density at radius 2 is 1.50 bits per heavy atom. The van der Waals surface area contributed by atoms with E-state index in [9.17, 15) is 4.79 Å². The Bertz CT molecular complexity index is 2090. The predicted molar refractivity (Wildman–Crippen MR) is 157 cm³/mol. The van der Waals surface area contributed by atoms with Gasteiger partial charge in [-0.25, -0.2) is 4.98 Å². The molecule has 2 heterocycles. The molecule has 0 aliphatic heterocycles. The van der Waals surface area contributed by atoms with E-state index in [-0.39, 0.29) is 8.98 Å². The van der Waals surface area contributed by atoms with Crippen LogP contribution in [0.15, 0.2) is 102 Å². The average molecular weight is 574 g/mol. The van der Waals surface area contributed by atoms with Gasteiger partial charge in [0.25, 0.3) is 5.56 Å². The van der Waals surface area contributed by atoms with Crippen molar-refractivity contribution in [3.05, 3.63) is 119 Å². The molecule has 1 atom stereocenters. The molecule has 1 aliphatic carbocycles. The summed E-state index contributed by atoms with van der Waals surface area (Å²) in [6.07, 6.45) is 0. The lowest BCUT2D eigenvalue weighted by Gasteiger charge is -2.19. The van der Waals surface area contributed by atoms with Crippen LogP contribution in [0.4, 0.5) is 0 Å². The molecule has 1 unspecified atom stereocenters. The van der Waals surface area contributed by atoms with Crippen LogP contribution < -0.4 is 5.56 Å². The third-order valence-electron chi connectivity index (χ3n) is 7.82. The van der Waals surface area contributed by atoms with Crippen molar-refractivity contribution in [2.24, 2.45) is 0 Å². The molecular formula is C32H19IN2O. The molecule has 0 fully saturated rings. The number of imidazole rings is 1. The van der Waals surface area contributed by atoms with E-state index >= 15 is 0 Å². The predicted octanol–water partition coefficient (Wildman–Crippen LogP) is 7.94. The Morgan fingerprint density at radius 1 is 0.722 bits per heavy atom. The quantitative estimate of drug-likeness (QED) is 0.147. The summed E-state index contributed by atoms with van der Waals surface area (Å²) in [6.45, 7) is 2.25. The molecule has 170 valence electrons. The second kappa shape index (κ2) is 6.92. The van der Waals surface area contributed by atoms with Gasteiger partial charge in [-0.3, -0.25) is 9.20 Å². The summed E-state index contributed by atoms with van der Waals surface area (Å²) in [5, 5.41) is 3.81. The molecule has 0 N–H and O–H groups in total. The van der Waals surface area contributed by atoms with Gasteiger partial charge in [0.15, 0.2) is 0 Å².